The Morgan fingerprint density at radius 2 is 1.53 bits per heavy atom. The molecule has 1 unspecified atom stereocenters. The summed E-state index contributed by atoms with van der Waals surface area (Å²) in [6.45, 7) is 10.5. The number of aliphatic hydroxyl groups excluding tert-OH is 1. The van der Waals surface area contributed by atoms with Crippen molar-refractivity contribution in [3.8, 4) is 0 Å². The van der Waals surface area contributed by atoms with Crippen molar-refractivity contribution < 1.29 is 19.0 Å². The van der Waals surface area contributed by atoms with Crippen molar-refractivity contribution in [3.63, 3.8) is 0 Å². The van der Waals surface area contributed by atoms with Gasteiger partial charge < -0.3 is 19.0 Å². The first-order chi connectivity index (χ1) is 15.4. The van der Waals surface area contributed by atoms with E-state index in [4.69, 9.17) is 13.9 Å². The zero-order valence-corrected chi connectivity index (χ0v) is 21.1. The Labute approximate surface area is 195 Å². The number of hydrogen-bond donors (Lipinski definition) is 1. The molecule has 4 nitrogen and oxygen atoms in total. The molecule has 176 valence electrons. The number of ether oxygens (including phenoxy) is 2. The van der Waals surface area contributed by atoms with Crippen molar-refractivity contribution >= 4 is 18.7 Å². The van der Waals surface area contributed by atoms with Crippen LogP contribution in [0.5, 0.6) is 0 Å². The van der Waals surface area contributed by atoms with Crippen LogP contribution in [0, 0.1) is 0 Å². The highest BCUT2D eigenvalue weighted by Crippen LogP contribution is 2.37. The summed E-state index contributed by atoms with van der Waals surface area (Å²) < 4.78 is 19.3. The van der Waals surface area contributed by atoms with Crippen molar-refractivity contribution in [2.75, 3.05) is 19.8 Å². The minimum Gasteiger partial charge on any atom is -0.405 e. The van der Waals surface area contributed by atoms with Gasteiger partial charge in [0.2, 0.25) is 0 Å². The largest absolute Gasteiger partial charge is 0.405 e. The fourth-order valence-electron chi connectivity index (χ4n) is 4.87. The molecule has 2 aromatic carbocycles. The fraction of sp³-hybridized carbons (Fsp3) is 0.556. The van der Waals surface area contributed by atoms with Crippen molar-refractivity contribution in [2.24, 2.45) is 0 Å². The Morgan fingerprint density at radius 3 is 2.03 bits per heavy atom. The van der Waals surface area contributed by atoms with Gasteiger partial charge in [-0.05, 0) is 48.0 Å². The normalized spacial score (nSPS) is 20.8. The second kappa shape index (κ2) is 11.6. The third-order valence-corrected chi connectivity index (χ3v) is 11.4. The van der Waals surface area contributed by atoms with Crippen LogP contribution in [0.25, 0.3) is 0 Å². The van der Waals surface area contributed by atoms with E-state index in [1.807, 2.05) is 6.92 Å². The lowest BCUT2D eigenvalue weighted by molar-refractivity contribution is -0.0778. The molecule has 1 saturated carbocycles. The zero-order chi connectivity index (χ0) is 23.0. The van der Waals surface area contributed by atoms with Gasteiger partial charge in [0.1, 0.15) is 6.10 Å². The maximum Gasteiger partial charge on any atom is 0.261 e. The predicted molar refractivity (Wildman–Crippen MR) is 133 cm³/mol. The Balaban J connectivity index is 1.83. The molecule has 3 atom stereocenters. The molecule has 1 fully saturated rings. The smallest absolute Gasteiger partial charge is 0.261 e. The highest BCUT2D eigenvalue weighted by molar-refractivity contribution is 6.99. The molecule has 3 rings (SSSR count). The highest BCUT2D eigenvalue weighted by Gasteiger charge is 2.50. The first-order valence-corrected chi connectivity index (χ1v) is 13.9. The maximum absolute atomic E-state index is 9.97. The molecular weight excluding hydrogens is 416 g/mol. The van der Waals surface area contributed by atoms with Crippen molar-refractivity contribution in [1.82, 2.24) is 0 Å². The van der Waals surface area contributed by atoms with E-state index in [-0.39, 0.29) is 23.4 Å². The Hall–Kier alpha value is -1.50. The summed E-state index contributed by atoms with van der Waals surface area (Å²) in [7, 11) is -2.60. The second-order valence-corrected chi connectivity index (χ2v) is 14.1. The fourth-order valence-corrected chi connectivity index (χ4v) is 9.47. The van der Waals surface area contributed by atoms with Gasteiger partial charge in [0.15, 0.2) is 0 Å². The molecule has 0 spiro atoms. The van der Waals surface area contributed by atoms with E-state index in [1.54, 1.807) is 0 Å². The van der Waals surface area contributed by atoms with Crippen LogP contribution in [-0.2, 0) is 13.9 Å². The van der Waals surface area contributed by atoms with Gasteiger partial charge in [-0.3, -0.25) is 0 Å². The molecular formula is C27H40O4Si. The highest BCUT2D eigenvalue weighted by atomic mass is 28.4. The molecule has 0 aliphatic heterocycles. The van der Waals surface area contributed by atoms with E-state index in [0.717, 1.165) is 19.3 Å². The summed E-state index contributed by atoms with van der Waals surface area (Å²) in [6.07, 6.45) is 3.35. The minimum absolute atomic E-state index is 0.0686. The molecule has 0 amide bonds. The molecule has 1 N–H and O–H groups in total. The molecule has 32 heavy (non-hydrogen) atoms. The van der Waals surface area contributed by atoms with Gasteiger partial charge in [-0.25, -0.2) is 0 Å². The van der Waals surface area contributed by atoms with E-state index < -0.39 is 8.32 Å². The Morgan fingerprint density at radius 1 is 0.938 bits per heavy atom. The van der Waals surface area contributed by atoms with Crippen molar-refractivity contribution in [3.05, 3.63) is 60.7 Å². The standard InChI is InChI=1S/C27H40O4Si/c1-5-29-24(20-30-23-14-12-13-22(28)19-23)21-31-32(27(2,3)4,25-15-8-6-9-16-25)26-17-10-7-11-18-26/h6-11,15-18,22-24,28H,5,12-14,19-21H2,1-4H3/t22-,23+,24?/m0/s1. The summed E-state index contributed by atoms with van der Waals surface area (Å²) in [5.74, 6) is 0. The second-order valence-electron chi connectivity index (χ2n) is 9.83. The topological polar surface area (TPSA) is 47.9 Å². The molecule has 2 aromatic rings. The number of aliphatic hydroxyl groups is 1. The molecule has 0 radical (unpaired) electrons. The molecule has 0 saturated heterocycles. The number of hydrogen-bond acceptors (Lipinski definition) is 4. The first-order valence-electron chi connectivity index (χ1n) is 12.0. The van der Waals surface area contributed by atoms with E-state index in [2.05, 4.69) is 81.4 Å². The van der Waals surface area contributed by atoms with Crippen LogP contribution < -0.4 is 10.4 Å². The Kier molecular flexibility index (Phi) is 9.09. The molecule has 5 heteroatoms. The number of benzene rings is 2. The van der Waals surface area contributed by atoms with E-state index in [0.29, 0.717) is 26.2 Å². The van der Waals surface area contributed by atoms with Gasteiger partial charge in [-0.1, -0.05) is 81.4 Å². The van der Waals surface area contributed by atoms with E-state index in [9.17, 15) is 5.11 Å². The first kappa shape index (κ1) is 25.1. The van der Waals surface area contributed by atoms with Crippen molar-refractivity contribution in [2.45, 2.75) is 76.7 Å². The summed E-state index contributed by atoms with van der Waals surface area (Å²) in [5, 5.41) is 12.4. The summed E-state index contributed by atoms with van der Waals surface area (Å²) in [6, 6.07) is 21.4. The summed E-state index contributed by atoms with van der Waals surface area (Å²) in [5.41, 5.74) is 0. The summed E-state index contributed by atoms with van der Waals surface area (Å²) >= 11 is 0. The monoisotopic (exact) mass is 456 g/mol. The lowest BCUT2D eigenvalue weighted by Gasteiger charge is -2.43. The van der Waals surface area contributed by atoms with Crippen LogP contribution in [0.2, 0.25) is 5.04 Å². The third-order valence-electron chi connectivity index (χ3n) is 6.42. The average molecular weight is 457 g/mol. The minimum atomic E-state index is -2.60. The van der Waals surface area contributed by atoms with Crippen LogP contribution >= 0.6 is 0 Å². The van der Waals surface area contributed by atoms with Gasteiger partial charge in [-0.2, -0.15) is 0 Å². The molecule has 1 aliphatic rings. The van der Waals surface area contributed by atoms with E-state index in [1.165, 1.54) is 10.4 Å². The number of rotatable bonds is 10. The van der Waals surface area contributed by atoms with Crippen LogP contribution in [-0.4, -0.2) is 51.6 Å². The van der Waals surface area contributed by atoms with Crippen LogP contribution in [0.15, 0.2) is 60.7 Å². The average Bonchev–Trinajstić information content (AvgIpc) is 2.78. The summed E-state index contributed by atoms with van der Waals surface area (Å²) in [4.78, 5) is 0. The Bertz CT molecular complexity index is 751. The molecule has 0 bridgehead atoms. The predicted octanol–water partition coefficient (Wildman–Crippen LogP) is 4.29. The van der Waals surface area contributed by atoms with E-state index >= 15 is 0 Å². The maximum atomic E-state index is 9.97. The zero-order valence-electron chi connectivity index (χ0n) is 20.1. The molecule has 1 aliphatic carbocycles. The van der Waals surface area contributed by atoms with Crippen LogP contribution in [0.4, 0.5) is 0 Å². The van der Waals surface area contributed by atoms with Gasteiger partial charge >= 0.3 is 0 Å². The van der Waals surface area contributed by atoms with Crippen molar-refractivity contribution in [1.29, 1.82) is 0 Å². The van der Waals surface area contributed by atoms with Gasteiger partial charge in [0, 0.05) is 6.61 Å². The molecule has 0 aromatic heterocycles. The van der Waals surface area contributed by atoms with Crippen LogP contribution in [0.3, 0.4) is 0 Å². The van der Waals surface area contributed by atoms with Gasteiger partial charge in [0.05, 0.1) is 25.4 Å². The third kappa shape index (κ3) is 6.09. The quantitative estimate of drug-likeness (QED) is 0.542. The SMILES string of the molecule is CCOC(CO[C@@H]1CCC[C@H](O)C1)CO[Si](c1ccccc1)(c1ccccc1)C(C)(C)C. The van der Waals surface area contributed by atoms with Gasteiger partial charge in [-0.15, -0.1) is 0 Å². The molecule has 0 heterocycles. The van der Waals surface area contributed by atoms with Gasteiger partial charge in [0.25, 0.3) is 8.32 Å². The van der Waals surface area contributed by atoms with Crippen LogP contribution in [0.1, 0.15) is 53.4 Å². The lowest BCUT2D eigenvalue weighted by Crippen LogP contribution is -2.67. The lowest BCUT2D eigenvalue weighted by atomic mass is 9.95.